The van der Waals surface area contributed by atoms with Gasteiger partial charge in [0, 0.05) is 65.0 Å². The third-order valence-corrected chi connectivity index (χ3v) is 14.6. The lowest BCUT2D eigenvalue weighted by atomic mass is 9.99. The molecule has 0 unspecified atom stereocenters. The maximum Gasteiger partial charge on any atom is 0.335 e. The number of rotatable bonds is 24. The van der Waals surface area contributed by atoms with Crippen molar-refractivity contribution in [3.05, 3.63) is 163 Å². The zero-order valence-electron chi connectivity index (χ0n) is 46.5. The van der Waals surface area contributed by atoms with E-state index in [1.807, 2.05) is 13.0 Å². The number of para-hydroxylation sites is 2. The van der Waals surface area contributed by atoms with Gasteiger partial charge in [-0.15, -0.1) is 0 Å². The fraction of sp³-hybridized carbons (Fsp3) is 0.333. The lowest BCUT2D eigenvalue weighted by molar-refractivity contribution is 0.0696. The van der Waals surface area contributed by atoms with Crippen molar-refractivity contribution < 1.29 is 32.3 Å². The van der Waals surface area contributed by atoms with Gasteiger partial charge in [-0.1, -0.05) is 58.9 Å². The molecule has 0 saturated heterocycles. The number of halogens is 4. The van der Waals surface area contributed by atoms with Crippen molar-refractivity contribution in [1.82, 2.24) is 44.2 Å². The highest BCUT2D eigenvalue weighted by molar-refractivity contribution is 7.99. The number of carbonyl (C=O) groups is 2. The third kappa shape index (κ3) is 14.5. The molecule has 21 heteroatoms. The average Bonchev–Trinajstić information content (AvgIpc) is 3.45. The summed E-state index contributed by atoms with van der Waals surface area (Å²) in [4.78, 5) is 73.9. The van der Waals surface area contributed by atoms with Crippen molar-refractivity contribution in [1.29, 1.82) is 0 Å². The number of nitrogens with one attached hydrogen (secondary N) is 3. The van der Waals surface area contributed by atoms with Gasteiger partial charge in [0.1, 0.15) is 34.6 Å². The van der Waals surface area contributed by atoms with Crippen LogP contribution in [0.25, 0.3) is 56.0 Å². The summed E-state index contributed by atoms with van der Waals surface area (Å²) in [5.74, 6) is -2.79. The number of anilines is 2. The van der Waals surface area contributed by atoms with Gasteiger partial charge >= 0.3 is 5.97 Å². The van der Waals surface area contributed by atoms with Crippen molar-refractivity contribution in [2.45, 2.75) is 61.3 Å². The van der Waals surface area contributed by atoms with E-state index in [9.17, 15) is 33.1 Å². The number of carboxylic acids is 1. The molecule has 8 rings (SSSR count). The van der Waals surface area contributed by atoms with Gasteiger partial charge in [0.05, 0.1) is 17.0 Å². The number of fused-ring (bicyclic) bond motifs is 2. The van der Waals surface area contributed by atoms with Gasteiger partial charge in [-0.2, -0.15) is 21.7 Å². The van der Waals surface area contributed by atoms with Crippen molar-refractivity contribution in [2.75, 3.05) is 81.0 Å². The summed E-state index contributed by atoms with van der Waals surface area (Å²) in [6, 6.07) is 22.3. The van der Waals surface area contributed by atoms with E-state index in [0.29, 0.717) is 58.5 Å². The standard InChI is InChI=1S/C32H38F2N6O2S.C28H29F2N5O3/c1-5-39(6-2)18-9-16-36-32-37-28(24-20-22(13-12-21(24)4)31(42)35-17-19-43-7-3)23-14-15-27(41)40(30(23)38-32)29-25(33)10-8-11-26(29)34;1-4-34(5-2)15-7-14-31-28-32-24(20-16-18(27(37)38)11-10-17(20)3)19-12-13-23(36)35(26(19)33-28)25-21(29)8-6-9-22(25)30/h8,10-15,20H,5-7,9,16-19H2,1-4H3,(H,35,42)(H,36,37,38);6,8-13,16H,4-5,7,14-15H2,1-3H3,(H,37,38)(H,31,32,33). The molecular formula is C60H67F4N11O5S. The summed E-state index contributed by atoms with van der Waals surface area (Å²) in [7, 11) is 0. The van der Waals surface area contributed by atoms with Gasteiger partial charge in [-0.05, 0) is 144 Å². The molecule has 8 aromatic rings. The minimum absolute atomic E-state index is 0.00197. The molecule has 0 atom stereocenters. The number of thioether (sulfide) groups is 1. The van der Waals surface area contributed by atoms with Crippen LogP contribution < -0.4 is 27.1 Å². The maximum absolute atomic E-state index is 15.0. The zero-order chi connectivity index (χ0) is 58.3. The Bertz CT molecular complexity index is 3630. The van der Waals surface area contributed by atoms with Crippen LogP contribution in [-0.2, 0) is 0 Å². The van der Waals surface area contributed by atoms with Gasteiger partial charge in [0.2, 0.25) is 11.9 Å². The Hall–Kier alpha value is -8.01. The Labute approximate surface area is 471 Å². The summed E-state index contributed by atoms with van der Waals surface area (Å²) < 4.78 is 61.5. The summed E-state index contributed by atoms with van der Waals surface area (Å²) in [5, 5.41) is 19.7. The number of amides is 1. The molecule has 4 aromatic carbocycles. The van der Waals surface area contributed by atoms with Crippen LogP contribution in [0.1, 0.15) is 79.3 Å². The highest BCUT2D eigenvalue weighted by Gasteiger charge is 2.24. The monoisotopic (exact) mass is 1130 g/mol. The number of hydrogen-bond acceptors (Lipinski definition) is 13. The largest absolute Gasteiger partial charge is 0.478 e. The highest BCUT2D eigenvalue weighted by Crippen LogP contribution is 2.34. The quantitative estimate of drug-likeness (QED) is 0.0330. The lowest BCUT2D eigenvalue weighted by Gasteiger charge is -2.18. The van der Waals surface area contributed by atoms with Crippen molar-refractivity contribution in [3.8, 4) is 33.9 Å². The van der Waals surface area contributed by atoms with Crippen LogP contribution in [0.5, 0.6) is 0 Å². The van der Waals surface area contributed by atoms with Crippen molar-refractivity contribution in [3.63, 3.8) is 0 Å². The number of benzene rings is 4. The average molecular weight is 1130 g/mol. The highest BCUT2D eigenvalue weighted by atomic mass is 32.2. The molecule has 0 fully saturated rings. The molecule has 4 aromatic heterocycles. The first-order valence-electron chi connectivity index (χ1n) is 27.0. The number of carbonyl (C=O) groups excluding carboxylic acids is 1. The first-order chi connectivity index (χ1) is 39.0. The SMILES string of the molecule is CCN(CC)CCCNc1nc(-c2cc(C(=O)O)ccc2C)c2ccc(=O)n(-c3c(F)cccc3F)c2n1.CCSCCNC(=O)c1ccc(C)c(-c2nc(NCCCN(CC)CC)nc3c2ccc(=O)n3-c2c(F)cccc2F)c1. The molecule has 0 spiro atoms. The number of carboxylic acid groups (broad SMARTS) is 1. The van der Waals surface area contributed by atoms with Gasteiger partial charge in [-0.25, -0.2) is 32.3 Å². The molecule has 4 heterocycles. The fourth-order valence-electron chi connectivity index (χ4n) is 9.23. The van der Waals surface area contributed by atoms with Gasteiger partial charge in [0.15, 0.2) is 11.3 Å². The molecule has 4 N–H and O–H groups in total. The maximum atomic E-state index is 15.0. The Morgan fingerprint density at radius 1 is 0.568 bits per heavy atom. The number of nitrogens with zero attached hydrogens (tertiary/aromatic N) is 8. The van der Waals surface area contributed by atoms with Crippen LogP contribution in [0.15, 0.2) is 107 Å². The van der Waals surface area contributed by atoms with Gasteiger partial charge in [0.25, 0.3) is 17.0 Å². The van der Waals surface area contributed by atoms with E-state index in [1.54, 1.807) is 43.0 Å². The number of pyridine rings is 2. The van der Waals surface area contributed by atoms with E-state index in [1.165, 1.54) is 42.5 Å². The predicted octanol–water partition coefficient (Wildman–Crippen LogP) is 10.5. The van der Waals surface area contributed by atoms with Crippen LogP contribution in [0.2, 0.25) is 0 Å². The number of hydrogen-bond donors (Lipinski definition) is 4. The third-order valence-electron chi connectivity index (χ3n) is 13.7. The summed E-state index contributed by atoms with van der Waals surface area (Å²) in [6.07, 6.45) is 1.60. The van der Waals surface area contributed by atoms with Crippen LogP contribution in [-0.4, -0.2) is 126 Å². The van der Waals surface area contributed by atoms with Gasteiger partial charge < -0.3 is 30.9 Å². The summed E-state index contributed by atoms with van der Waals surface area (Å²) in [6.45, 7) is 21.2. The van der Waals surface area contributed by atoms with Crippen LogP contribution >= 0.6 is 11.8 Å². The van der Waals surface area contributed by atoms with E-state index in [0.717, 1.165) is 108 Å². The molecule has 81 heavy (non-hydrogen) atoms. The Balaban J connectivity index is 0.000000235. The summed E-state index contributed by atoms with van der Waals surface area (Å²) >= 11 is 1.74. The molecule has 0 radical (unpaired) electrons. The van der Waals surface area contributed by atoms with E-state index in [2.05, 4.69) is 75.3 Å². The lowest BCUT2D eigenvalue weighted by Crippen LogP contribution is -2.26. The number of aryl methyl sites for hydroxylation is 2. The Kier molecular flexibility index (Phi) is 21.3. The molecule has 0 aliphatic heterocycles. The second-order valence-corrected chi connectivity index (χ2v) is 20.2. The fourth-order valence-corrected chi connectivity index (χ4v) is 9.77. The van der Waals surface area contributed by atoms with Crippen molar-refractivity contribution >= 4 is 57.6 Å². The van der Waals surface area contributed by atoms with E-state index in [4.69, 9.17) is 4.98 Å². The van der Waals surface area contributed by atoms with Crippen molar-refractivity contribution in [2.24, 2.45) is 0 Å². The van der Waals surface area contributed by atoms with Crippen LogP contribution in [0.4, 0.5) is 29.5 Å². The first kappa shape index (κ1) is 60.6. The van der Waals surface area contributed by atoms with Gasteiger partial charge in [-0.3, -0.25) is 23.5 Å². The van der Waals surface area contributed by atoms with E-state index >= 15 is 8.78 Å². The molecule has 0 saturated carbocycles. The zero-order valence-corrected chi connectivity index (χ0v) is 47.3. The van der Waals surface area contributed by atoms with Crippen LogP contribution in [0.3, 0.4) is 0 Å². The minimum Gasteiger partial charge on any atom is -0.478 e. The molecule has 426 valence electrons. The molecule has 1 amide bonds. The first-order valence-corrected chi connectivity index (χ1v) is 28.2. The molecule has 0 aliphatic rings. The number of aromatic carboxylic acids is 1. The predicted molar refractivity (Wildman–Crippen MR) is 315 cm³/mol. The topological polar surface area (TPSA) is 193 Å². The smallest absolute Gasteiger partial charge is 0.335 e. The Morgan fingerprint density at radius 3 is 1.40 bits per heavy atom. The normalized spacial score (nSPS) is 11.3. The van der Waals surface area contributed by atoms with Crippen LogP contribution in [0, 0.1) is 37.1 Å². The van der Waals surface area contributed by atoms with E-state index < -0.39 is 51.7 Å². The molecule has 16 nitrogen and oxygen atoms in total. The second-order valence-electron chi connectivity index (χ2n) is 18.9. The second kappa shape index (κ2) is 28.4. The minimum atomic E-state index is -1.11. The molecule has 0 bridgehead atoms. The summed E-state index contributed by atoms with van der Waals surface area (Å²) in [5.41, 5.74) is 1.70. The Morgan fingerprint density at radius 2 is 0.988 bits per heavy atom. The number of aromatic nitrogens is 6. The van der Waals surface area contributed by atoms with E-state index in [-0.39, 0.29) is 34.7 Å². The molecular weight excluding hydrogens is 1060 g/mol. The molecule has 0 aliphatic carbocycles.